The fourth-order valence-electron chi connectivity index (χ4n) is 3.15. The number of thioether (sulfide) groups is 1. The van der Waals surface area contributed by atoms with Crippen molar-refractivity contribution in [3.8, 4) is 0 Å². The van der Waals surface area contributed by atoms with Crippen molar-refractivity contribution in [2.75, 3.05) is 0 Å². The second-order valence-electron chi connectivity index (χ2n) is 5.87. The van der Waals surface area contributed by atoms with Gasteiger partial charge in [-0.1, -0.05) is 61.9 Å². The van der Waals surface area contributed by atoms with Crippen LogP contribution in [0.15, 0.2) is 46.3 Å². The molecule has 3 nitrogen and oxygen atoms in total. The van der Waals surface area contributed by atoms with Gasteiger partial charge >= 0.3 is 0 Å². The zero-order valence-corrected chi connectivity index (χ0v) is 13.7. The van der Waals surface area contributed by atoms with E-state index in [1.165, 1.54) is 31.2 Å². The zero-order chi connectivity index (χ0) is 15.4. The largest absolute Gasteiger partial charge is 0.301 e. The van der Waals surface area contributed by atoms with Crippen molar-refractivity contribution in [2.24, 2.45) is 0 Å². The van der Waals surface area contributed by atoms with E-state index in [9.17, 15) is 4.79 Å². The molecule has 4 heteroatoms. The second kappa shape index (κ2) is 7.14. The molecule has 3 rings (SSSR count). The highest BCUT2D eigenvalue weighted by Gasteiger charge is 2.19. The lowest BCUT2D eigenvalue weighted by molar-refractivity contribution is 0.718. The summed E-state index contributed by atoms with van der Waals surface area (Å²) in [4.78, 5) is 19.7. The van der Waals surface area contributed by atoms with Gasteiger partial charge in [-0.25, -0.2) is 4.98 Å². The predicted molar refractivity (Wildman–Crippen MR) is 91.5 cm³/mol. The predicted octanol–water partition coefficient (Wildman–Crippen LogP) is 4.35. The Bertz CT molecular complexity index is 662. The van der Waals surface area contributed by atoms with Crippen LogP contribution < -0.4 is 5.56 Å². The van der Waals surface area contributed by atoms with Crippen LogP contribution in [0.4, 0.5) is 0 Å². The van der Waals surface area contributed by atoms with Gasteiger partial charge in [0.2, 0.25) is 0 Å². The van der Waals surface area contributed by atoms with Gasteiger partial charge in [-0.3, -0.25) is 4.79 Å². The van der Waals surface area contributed by atoms with E-state index in [0.717, 1.165) is 17.3 Å². The molecule has 0 aliphatic heterocycles. The van der Waals surface area contributed by atoms with Crippen LogP contribution in [-0.4, -0.2) is 15.2 Å². The van der Waals surface area contributed by atoms with Crippen molar-refractivity contribution in [2.45, 2.75) is 55.4 Å². The molecular formula is C18H22N2OS. The molecule has 22 heavy (non-hydrogen) atoms. The van der Waals surface area contributed by atoms with Crippen LogP contribution in [0.25, 0.3) is 0 Å². The van der Waals surface area contributed by atoms with Gasteiger partial charge in [-0.2, -0.15) is 0 Å². The summed E-state index contributed by atoms with van der Waals surface area (Å²) in [5.41, 5.74) is 2.07. The van der Waals surface area contributed by atoms with Gasteiger partial charge < -0.3 is 4.98 Å². The summed E-state index contributed by atoms with van der Waals surface area (Å²) < 4.78 is 0. The highest BCUT2D eigenvalue weighted by Crippen LogP contribution is 2.33. The first-order chi connectivity index (χ1) is 10.8. The Morgan fingerprint density at radius 1 is 1.27 bits per heavy atom. The Morgan fingerprint density at radius 3 is 2.68 bits per heavy atom. The van der Waals surface area contributed by atoms with Crippen LogP contribution in [0.1, 0.15) is 56.2 Å². The van der Waals surface area contributed by atoms with Crippen LogP contribution in [0, 0.1) is 0 Å². The Hall–Kier alpha value is -1.55. The molecule has 0 radical (unpaired) electrons. The molecule has 1 atom stereocenters. The first-order valence-corrected chi connectivity index (χ1v) is 8.97. The van der Waals surface area contributed by atoms with E-state index in [1.54, 1.807) is 17.8 Å². The lowest BCUT2D eigenvalue weighted by atomic mass is 9.93. The molecule has 2 aromatic rings. The molecule has 1 heterocycles. The smallest absolute Gasteiger partial charge is 0.251 e. The molecule has 1 aliphatic rings. The molecule has 1 aromatic carbocycles. The fourth-order valence-corrected chi connectivity index (χ4v) is 4.36. The number of nitrogens with zero attached hydrogens (tertiary/aromatic N) is 1. The summed E-state index contributed by atoms with van der Waals surface area (Å²) in [7, 11) is 0. The van der Waals surface area contributed by atoms with Crippen molar-refractivity contribution < 1.29 is 0 Å². The van der Waals surface area contributed by atoms with Crippen molar-refractivity contribution in [3.63, 3.8) is 0 Å². The Balaban J connectivity index is 1.88. The molecule has 1 fully saturated rings. The number of nitrogens with one attached hydrogen (secondary N) is 1. The van der Waals surface area contributed by atoms with Crippen LogP contribution in [0.3, 0.4) is 0 Å². The van der Waals surface area contributed by atoms with E-state index in [0.29, 0.717) is 5.25 Å². The molecule has 0 spiro atoms. The van der Waals surface area contributed by atoms with Gasteiger partial charge in [0.05, 0.1) is 5.69 Å². The molecule has 1 aromatic heterocycles. The molecule has 0 bridgehead atoms. The maximum absolute atomic E-state index is 12.0. The molecule has 1 N–H and O–H groups in total. The van der Waals surface area contributed by atoms with Gasteiger partial charge in [0.15, 0.2) is 5.16 Å². The quantitative estimate of drug-likeness (QED) is 0.835. The fraction of sp³-hybridized carbons (Fsp3) is 0.444. The first-order valence-electron chi connectivity index (χ1n) is 8.09. The van der Waals surface area contributed by atoms with E-state index < -0.39 is 0 Å². The average Bonchev–Trinajstić information content (AvgIpc) is 3.01. The number of rotatable bonds is 5. The van der Waals surface area contributed by atoms with Crippen molar-refractivity contribution in [1.29, 1.82) is 0 Å². The van der Waals surface area contributed by atoms with Crippen molar-refractivity contribution in [1.82, 2.24) is 9.97 Å². The first kappa shape index (κ1) is 15.3. The van der Waals surface area contributed by atoms with E-state index in [-0.39, 0.29) is 11.5 Å². The molecule has 0 saturated heterocycles. The van der Waals surface area contributed by atoms with Gasteiger partial charge in [-0.15, -0.1) is 0 Å². The standard InChI is InChI=1S/C18H22N2OS/c1-2-15(13-8-4-3-5-9-13)16-12-17(21)20-18(19-16)22-14-10-6-7-11-14/h3-5,8-9,12,14-15H,2,6-7,10-11H2,1H3,(H,19,20,21)/t15-/m1/s1. The Morgan fingerprint density at radius 2 is 2.00 bits per heavy atom. The van der Waals surface area contributed by atoms with Crippen LogP contribution in [-0.2, 0) is 0 Å². The number of benzene rings is 1. The topological polar surface area (TPSA) is 45.8 Å². The van der Waals surface area contributed by atoms with Gasteiger partial charge in [0.25, 0.3) is 5.56 Å². The zero-order valence-electron chi connectivity index (χ0n) is 12.9. The Labute approximate surface area is 135 Å². The second-order valence-corrected chi connectivity index (χ2v) is 7.16. The number of hydrogen-bond donors (Lipinski definition) is 1. The van der Waals surface area contributed by atoms with E-state index in [1.807, 2.05) is 18.2 Å². The normalized spacial score (nSPS) is 16.8. The maximum Gasteiger partial charge on any atom is 0.251 e. The van der Waals surface area contributed by atoms with Crippen molar-refractivity contribution in [3.05, 3.63) is 58.0 Å². The summed E-state index contributed by atoms with van der Waals surface area (Å²) in [6, 6.07) is 12.0. The third kappa shape index (κ3) is 3.61. The maximum atomic E-state index is 12.0. The SMILES string of the molecule is CC[C@H](c1ccccc1)c1cc(=O)[nH]c(SC2CCCC2)n1. The molecular weight excluding hydrogens is 292 g/mol. The monoisotopic (exact) mass is 314 g/mol. The van der Waals surface area contributed by atoms with Crippen molar-refractivity contribution >= 4 is 11.8 Å². The third-order valence-electron chi connectivity index (χ3n) is 4.29. The minimum absolute atomic E-state index is 0.0418. The number of H-pyrrole nitrogens is 1. The molecule has 1 saturated carbocycles. The highest BCUT2D eigenvalue weighted by atomic mass is 32.2. The summed E-state index contributed by atoms with van der Waals surface area (Å²) in [5.74, 6) is 0.187. The van der Waals surface area contributed by atoms with Gasteiger partial charge in [0.1, 0.15) is 0 Å². The number of hydrogen-bond acceptors (Lipinski definition) is 3. The highest BCUT2D eigenvalue weighted by molar-refractivity contribution is 7.99. The molecule has 0 unspecified atom stereocenters. The van der Waals surface area contributed by atoms with Gasteiger partial charge in [-0.05, 0) is 24.8 Å². The summed E-state index contributed by atoms with van der Waals surface area (Å²) >= 11 is 1.74. The van der Waals surface area contributed by atoms with E-state index in [4.69, 9.17) is 4.98 Å². The summed E-state index contributed by atoms with van der Waals surface area (Å²) in [6.07, 6.45) is 5.99. The minimum atomic E-state index is -0.0418. The molecule has 0 amide bonds. The molecule has 116 valence electrons. The summed E-state index contributed by atoms with van der Waals surface area (Å²) in [5, 5.41) is 1.39. The minimum Gasteiger partial charge on any atom is -0.301 e. The third-order valence-corrected chi connectivity index (χ3v) is 5.51. The summed E-state index contributed by atoms with van der Waals surface area (Å²) in [6.45, 7) is 2.14. The van der Waals surface area contributed by atoms with E-state index in [2.05, 4.69) is 24.0 Å². The lowest BCUT2D eigenvalue weighted by Gasteiger charge is -2.16. The molecule has 1 aliphatic carbocycles. The average molecular weight is 314 g/mol. The number of aromatic amines is 1. The number of aromatic nitrogens is 2. The van der Waals surface area contributed by atoms with Crippen LogP contribution in [0.2, 0.25) is 0 Å². The van der Waals surface area contributed by atoms with E-state index >= 15 is 0 Å². The van der Waals surface area contributed by atoms with Gasteiger partial charge in [0, 0.05) is 17.2 Å². The lowest BCUT2D eigenvalue weighted by Crippen LogP contribution is -2.14. The Kier molecular flexibility index (Phi) is 4.98. The van der Waals surface area contributed by atoms with Crippen LogP contribution in [0.5, 0.6) is 0 Å². The van der Waals surface area contributed by atoms with Crippen LogP contribution >= 0.6 is 11.8 Å².